The molecule has 0 aliphatic heterocycles. The molecule has 0 heterocycles. The number of hydrogen-bond acceptors (Lipinski definition) is 5. The first kappa shape index (κ1) is 14.9. The summed E-state index contributed by atoms with van der Waals surface area (Å²) >= 11 is 0. The van der Waals surface area contributed by atoms with Crippen LogP contribution in [0, 0.1) is 5.92 Å². The maximum Gasteiger partial charge on any atom is 0.320 e. The molecule has 0 fully saturated rings. The Hall–Kier alpha value is -1.10. The summed E-state index contributed by atoms with van der Waals surface area (Å²) in [5.74, 6) is -2.22. The molecule has 5 nitrogen and oxygen atoms in total. The molecule has 0 unspecified atom stereocenters. The van der Waals surface area contributed by atoms with Gasteiger partial charge in [0.05, 0.1) is 13.2 Å². The van der Waals surface area contributed by atoms with Gasteiger partial charge < -0.3 is 14.6 Å². The molecular weight excluding hydrogens is 212 g/mol. The quantitative estimate of drug-likeness (QED) is 0.497. The van der Waals surface area contributed by atoms with Crippen LogP contribution in [-0.2, 0) is 19.1 Å². The lowest BCUT2D eigenvalue weighted by Crippen LogP contribution is -2.29. The van der Waals surface area contributed by atoms with Gasteiger partial charge in [-0.2, -0.15) is 0 Å². The second-order valence-electron chi connectivity index (χ2n) is 3.40. The highest BCUT2D eigenvalue weighted by molar-refractivity contribution is 5.94. The molecular formula is C11H20O5. The van der Waals surface area contributed by atoms with E-state index in [1.165, 1.54) is 0 Å². The van der Waals surface area contributed by atoms with Gasteiger partial charge in [-0.25, -0.2) is 0 Å². The number of esters is 2. The van der Waals surface area contributed by atoms with Gasteiger partial charge in [0, 0.05) is 6.61 Å². The van der Waals surface area contributed by atoms with Crippen molar-refractivity contribution in [3.8, 4) is 0 Å². The number of aliphatic hydroxyl groups is 1. The van der Waals surface area contributed by atoms with Crippen molar-refractivity contribution in [2.45, 2.75) is 33.1 Å². The maximum atomic E-state index is 11.5. The molecule has 0 bridgehead atoms. The molecule has 94 valence electrons. The Balaban J connectivity index is 4.22. The fraction of sp³-hybridized carbons (Fsp3) is 0.818. The van der Waals surface area contributed by atoms with Crippen LogP contribution in [0.1, 0.15) is 33.1 Å². The molecule has 1 N–H and O–H groups in total. The van der Waals surface area contributed by atoms with E-state index in [1.54, 1.807) is 0 Å². The first-order chi connectivity index (χ1) is 7.67. The molecule has 0 aliphatic carbocycles. The van der Waals surface area contributed by atoms with E-state index >= 15 is 0 Å². The van der Waals surface area contributed by atoms with Gasteiger partial charge in [0.25, 0.3) is 0 Å². The summed E-state index contributed by atoms with van der Waals surface area (Å²) in [7, 11) is 0. The summed E-state index contributed by atoms with van der Waals surface area (Å²) in [5.41, 5.74) is 0. The van der Waals surface area contributed by atoms with Crippen LogP contribution < -0.4 is 0 Å². The standard InChI is InChI=1S/C11H20O5/c1-3-7-15-10(13)9(5-6-12)11(14)16-8-4-2/h9,12H,3-8H2,1-2H3. The largest absolute Gasteiger partial charge is 0.465 e. The van der Waals surface area contributed by atoms with Crippen molar-refractivity contribution < 1.29 is 24.2 Å². The van der Waals surface area contributed by atoms with Gasteiger partial charge in [0.2, 0.25) is 0 Å². The molecule has 0 aromatic heterocycles. The fourth-order valence-corrected chi connectivity index (χ4v) is 1.07. The van der Waals surface area contributed by atoms with Crippen molar-refractivity contribution in [1.29, 1.82) is 0 Å². The van der Waals surface area contributed by atoms with Crippen LogP contribution in [0.15, 0.2) is 0 Å². The summed E-state index contributed by atoms with van der Waals surface area (Å²) in [4.78, 5) is 22.9. The molecule has 5 heteroatoms. The van der Waals surface area contributed by atoms with Crippen molar-refractivity contribution in [2.75, 3.05) is 19.8 Å². The van der Waals surface area contributed by atoms with Gasteiger partial charge in [-0.15, -0.1) is 0 Å². The monoisotopic (exact) mass is 232 g/mol. The SMILES string of the molecule is CCCOC(=O)C(CCO)C(=O)OCCC. The van der Waals surface area contributed by atoms with Gasteiger partial charge in [-0.1, -0.05) is 13.8 Å². The van der Waals surface area contributed by atoms with E-state index in [4.69, 9.17) is 14.6 Å². The fourth-order valence-electron chi connectivity index (χ4n) is 1.07. The molecule has 0 aromatic rings. The van der Waals surface area contributed by atoms with Crippen LogP contribution in [0.5, 0.6) is 0 Å². The van der Waals surface area contributed by atoms with Gasteiger partial charge >= 0.3 is 11.9 Å². The zero-order valence-electron chi connectivity index (χ0n) is 9.90. The zero-order valence-corrected chi connectivity index (χ0v) is 9.90. The minimum absolute atomic E-state index is 0.0467. The first-order valence-corrected chi connectivity index (χ1v) is 5.61. The lowest BCUT2D eigenvalue weighted by atomic mass is 10.1. The number of carbonyl (C=O) groups is 2. The summed E-state index contributed by atoms with van der Waals surface area (Å²) in [5, 5.41) is 8.77. The number of aliphatic hydroxyl groups excluding tert-OH is 1. The zero-order chi connectivity index (χ0) is 12.4. The van der Waals surface area contributed by atoms with Crippen LogP contribution in [0.2, 0.25) is 0 Å². The normalized spacial score (nSPS) is 10.2. The molecule has 0 atom stereocenters. The number of carbonyl (C=O) groups excluding carboxylic acids is 2. The van der Waals surface area contributed by atoms with Crippen LogP contribution in [-0.4, -0.2) is 36.9 Å². The highest BCUT2D eigenvalue weighted by Crippen LogP contribution is 2.09. The van der Waals surface area contributed by atoms with Gasteiger partial charge in [-0.3, -0.25) is 9.59 Å². The van der Waals surface area contributed by atoms with E-state index in [1.807, 2.05) is 13.8 Å². The molecule has 16 heavy (non-hydrogen) atoms. The van der Waals surface area contributed by atoms with E-state index in [9.17, 15) is 9.59 Å². The Morgan fingerprint density at radius 1 is 1.06 bits per heavy atom. The topological polar surface area (TPSA) is 72.8 Å². The van der Waals surface area contributed by atoms with E-state index < -0.39 is 17.9 Å². The minimum atomic E-state index is -0.997. The van der Waals surface area contributed by atoms with Crippen LogP contribution in [0.3, 0.4) is 0 Å². The van der Waals surface area contributed by atoms with Gasteiger partial charge in [-0.05, 0) is 19.3 Å². The van der Waals surface area contributed by atoms with E-state index in [0.717, 1.165) is 0 Å². The molecule has 0 saturated heterocycles. The smallest absolute Gasteiger partial charge is 0.320 e. The predicted octanol–water partition coefficient (Wildman–Crippen LogP) is 0.891. The second-order valence-corrected chi connectivity index (χ2v) is 3.40. The number of rotatable bonds is 8. The molecule has 0 amide bonds. The first-order valence-electron chi connectivity index (χ1n) is 5.61. The average Bonchev–Trinajstić information content (AvgIpc) is 2.29. The Kier molecular flexibility index (Phi) is 8.52. The lowest BCUT2D eigenvalue weighted by molar-refractivity contribution is -0.163. The minimum Gasteiger partial charge on any atom is -0.465 e. The highest BCUT2D eigenvalue weighted by atomic mass is 16.6. The van der Waals surface area contributed by atoms with Crippen molar-refractivity contribution in [3.63, 3.8) is 0 Å². The van der Waals surface area contributed by atoms with Gasteiger partial charge in [0.1, 0.15) is 0 Å². The predicted molar refractivity (Wildman–Crippen MR) is 57.7 cm³/mol. The molecule has 0 rings (SSSR count). The molecule has 0 saturated carbocycles. The number of hydrogen-bond donors (Lipinski definition) is 1. The lowest BCUT2D eigenvalue weighted by Gasteiger charge is -2.13. The van der Waals surface area contributed by atoms with Gasteiger partial charge in [0.15, 0.2) is 5.92 Å². The highest BCUT2D eigenvalue weighted by Gasteiger charge is 2.28. The Morgan fingerprint density at radius 2 is 1.50 bits per heavy atom. The second kappa shape index (κ2) is 9.15. The van der Waals surface area contributed by atoms with Crippen molar-refractivity contribution >= 4 is 11.9 Å². The summed E-state index contributed by atoms with van der Waals surface area (Å²) in [6, 6.07) is 0. The van der Waals surface area contributed by atoms with Crippen LogP contribution in [0.4, 0.5) is 0 Å². The van der Waals surface area contributed by atoms with E-state index in [2.05, 4.69) is 0 Å². The third kappa shape index (κ3) is 5.70. The third-order valence-electron chi connectivity index (χ3n) is 1.88. The molecule has 0 aliphatic rings. The molecule has 0 aromatic carbocycles. The summed E-state index contributed by atoms with van der Waals surface area (Å²) < 4.78 is 9.71. The average molecular weight is 232 g/mol. The summed E-state index contributed by atoms with van der Waals surface area (Å²) in [6.07, 6.45) is 1.44. The Labute approximate surface area is 95.7 Å². The molecule has 0 radical (unpaired) electrons. The van der Waals surface area contributed by atoms with Crippen molar-refractivity contribution in [2.24, 2.45) is 5.92 Å². The summed E-state index contributed by atoms with van der Waals surface area (Å²) in [6.45, 7) is 4.05. The Bertz CT molecular complexity index is 194. The van der Waals surface area contributed by atoms with Crippen LogP contribution in [0.25, 0.3) is 0 Å². The third-order valence-corrected chi connectivity index (χ3v) is 1.88. The number of ether oxygens (including phenoxy) is 2. The van der Waals surface area contributed by atoms with E-state index in [0.29, 0.717) is 12.8 Å². The Morgan fingerprint density at radius 3 is 1.81 bits per heavy atom. The van der Waals surface area contributed by atoms with Crippen molar-refractivity contribution in [3.05, 3.63) is 0 Å². The molecule has 0 spiro atoms. The van der Waals surface area contributed by atoms with Crippen LogP contribution >= 0.6 is 0 Å². The van der Waals surface area contributed by atoms with E-state index in [-0.39, 0.29) is 26.2 Å². The maximum absolute atomic E-state index is 11.5. The van der Waals surface area contributed by atoms with Crippen molar-refractivity contribution in [1.82, 2.24) is 0 Å².